The Balaban J connectivity index is 2.07. The summed E-state index contributed by atoms with van der Waals surface area (Å²) in [6.07, 6.45) is 3.29. The van der Waals surface area contributed by atoms with Crippen LogP contribution in [0, 0.1) is 0 Å². The largest absolute Gasteiger partial charge is 0.481 e. The van der Waals surface area contributed by atoms with Gasteiger partial charge in [-0.3, -0.25) is 9.20 Å². The van der Waals surface area contributed by atoms with Gasteiger partial charge in [-0.25, -0.2) is 15.0 Å². The van der Waals surface area contributed by atoms with E-state index in [-0.39, 0.29) is 12.3 Å². The van der Waals surface area contributed by atoms with E-state index in [1.54, 1.807) is 6.20 Å². The van der Waals surface area contributed by atoms with Gasteiger partial charge in [-0.05, 0) is 31.0 Å². The van der Waals surface area contributed by atoms with Crippen molar-refractivity contribution in [1.29, 1.82) is 0 Å². The first-order chi connectivity index (χ1) is 13.0. The maximum absolute atomic E-state index is 10.8. The van der Waals surface area contributed by atoms with Gasteiger partial charge in [-0.1, -0.05) is 26.8 Å². The quantitative estimate of drug-likeness (QED) is 0.589. The van der Waals surface area contributed by atoms with Crippen LogP contribution in [-0.4, -0.2) is 37.0 Å². The number of aliphatic carboxylic acids is 1. The van der Waals surface area contributed by atoms with Gasteiger partial charge < -0.3 is 10.4 Å². The maximum Gasteiger partial charge on any atom is 0.303 e. The standard InChI is InChI=1S/C20H25N5O2/c1-4-14-7-5-8-16-24-18(15-10-12-21-19(23-15)13(2)3)20(25(14)16)22-11-6-9-17(26)27/h5,7-8,10,12-13,22H,4,6,9,11H2,1-3H3,(H,26,27). The van der Waals surface area contributed by atoms with Gasteiger partial charge in [0.25, 0.3) is 0 Å². The van der Waals surface area contributed by atoms with Crippen LogP contribution in [0.25, 0.3) is 17.0 Å². The molecule has 142 valence electrons. The lowest BCUT2D eigenvalue weighted by atomic mass is 10.2. The van der Waals surface area contributed by atoms with E-state index in [1.165, 1.54) is 0 Å². The smallest absolute Gasteiger partial charge is 0.303 e. The average Bonchev–Trinajstić information content (AvgIpc) is 3.04. The minimum Gasteiger partial charge on any atom is -0.481 e. The summed E-state index contributed by atoms with van der Waals surface area (Å²) in [5.74, 6) is 1.06. The molecule has 0 aliphatic carbocycles. The average molecular weight is 367 g/mol. The van der Waals surface area contributed by atoms with E-state index >= 15 is 0 Å². The van der Waals surface area contributed by atoms with E-state index in [4.69, 9.17) is 10.1 Å². The molecule has 0 unspecified atom stereocenters. The summed E-state index contributed by atoms with van der Waals surface area (Å²) < 4.78 is 2.09. The zero-order chi connectivity index (χ0) is 19.4. The van der Waals surface area contributed by atoms with E-state index in [1.807, 2.05) is 18.2 Å². The van der Waals surface area contributed by atoms with Crippen molar-refractivity contribution in [2.75, 3.05) is 11.9 Å². The van der Waals surface area contributed by atoms with Crippen molar-refractivity contribution in [3.05, 3.63) is 42.0 Å². The van der Waals surface area contributed by atoms with Crippen LogP contribution in [0.5, 0.6) is 0 Å². The summed E-state index contributed by atoms with van der Waals surface area (Å²) in [5.41, 5.74) is 3.50. The Hall–Kier alpha value is -2.96. The number of imidazole rings is 1. The van der Waals surface area contributed by atoms with Gasteiger partial charge in [0.15, 0.2) is 0 Å². The molecule has 27 heavy (non-hydrogen) atoms. The number of carbonyl (C=O) groups is 1. The van der Waals surface area contributed by atoms with Crippen LogP contribution in [0.1, 0.15) is 51.0 Å². The molecule has 0 saturated carbocycles. The Morgan fingerprint density at radius 2 is 2.07 bits per heavy atom. The predicted octanol–water partition coefficient (Wildman–Crippen LogP) is 3.75. The molecule has 3 aromatic heterocycles. The van der Waals surface area contributed by atoms with Crippen LogP contribution in [0.15, 0.2) is 30.5 Å². The number of carboxylic acid groups (broad SMARTS) is 1. The number of hydrogen-bond acceptors (Lipinski definition) is 5. The highest BCUT2D eigenvalue weighted by Gasteiger charge is 2.18. The second-order valence-electron chi connectivity index (χ2n) is 6.75. The summed E-state index contributed by atoms with van der Waals surface area (Å²) in [6, 6.07) is 7.90. The van der Waals surface area contributed by atoms with Gasteiger partial charge in [0, 0.05) is 30.8 Å². The molecule has 0 aliphatic rings. The molecule has 0 bridgehead atoms. The molecule has 7 heteroatoms. The van der Waals surface area contributed by atoms with E-state index in [0.29, 0.717) is 13.0 Å². The van der Waals surface area contributed by atoms with Crippen LogP contribution >= 0.6 is 0 Å². The molecule has 3 heterocycles. The minimum absolute atomic E-state index is 0.130. The molecular formula is C20H25N5O2. The second-order valence-corrected chi connectivity index (χ2v) is 6.75. The van der Waals surface area contributed by atoms with Crippen LogP contribution in [0.4, 0.5) is 5.82 Å². The molecule has 3 aromatic rings. The fraction of sp³-hybridized carbons (Fsp3) is 0.400. The van der Waals surface area contributed by atoms with Gasteiger partial charge in [-0.2, -0.15) is 0 Å². The molecule has 0 fully saturated rings. The molecule has 0 aliphatic heterocycles. The molecule has 3 rings (SSSR count). The molecule has 0 spiro atoms. The molecule has 0 amide bonds. The third-order valence-corrected chi connectivity index (χ3v) is 4.38. The first kappa shape index (κ1) is 18.8. The van der Waals surface area contributed by atoms with E-state index in [0.717, 1.165) is 40.8 Å². The lowest BCUT2D eigenvalue weighted by Crippen LogP contribution is -2.09. The fourth-order valence-electron chi connectivity index (χ4n) is 3.01. The molecule has 0 radical (unpaired) electrons. The highest BCUT2D eigenvalue weighted by Crippen LogP contribution is 2.29. The number of aryl methyl sites for hydroxylation is 1. The zero-order valence-corrected chi connectivity index (χ0v) is 15.9. The Kier molecular flexibility index (Phi) is 5.69. The van der Waals surface area contributed by atoms with Crippen LogP contribution < -0.4 is 5.32 Å². The topological polar surface area (TPSA) is 92.4 Å². The van der Waals surface area contributed by atoms with Crippen molar-refractivity contribution in [2.24, 2.45) is 0 Å². The van der Waals surface area contributed by atoms with Crippen LogP contribution in [0.3, 0.4) is 0 Å². The first-order valence-electron chi connectivity index (χ1n) is 9.30. The number of hydrogen-bond donors (Lipinski definition) is 2. The molecule has 0 aromatic carbocycles. The number of nitrogens with zero attached hydrogens (tertiary/aromatic N) is 4. The number of rotatable bonds is 8. The van der Waals surface area contributed by atoms with Crippen LogP contribution in [0.2, 0.25) is 0 Å². The molecule has 7 nitrogen and oxygen atoms in total. The number of nitrogens with one attached hydrogen (secondary N) is 1. The maximum atomic E-state index is 10.8. The molecule has 0 atom stereocenters. The number of pyridine rings is 1. The summed E-state index contributed by atoms with van der Waals surface area (Å²) >= 11 is 0. The normalized spacial score (nSPS) is 11.3. The fourth-order valence-corrected chi connectivity index (χ4v) is 3.01. The van der Waals surface area contributed by atoms with Crippen molar-refractivity contribution in [2.45, 2.75) is 46.0 Å². The molecule has 0 saturated heterocycles. The first-order valence-corrected chi connectivity index (χ1v) is 9.30. The Morgan fingerprint density at radius 1 is 1.26 bits per heavy atom. The number of aromatic nitrogens is 4. The highest BCUT2D eigenvalue weighted by molar-refractivity contribution is 5.75. The molecular weight excluding hydrogens is 342 g/mol. The lowest BCUT2D eigenvalue weighted by molar-refractivity contribution is -0.137. The van der Waals surface area contributed by atoms with Crippen molar-refractivity contribution in [1.82, 2.24) is 19.4 Å². The second kappa shape index (κ2) is 8.16. The van der Waals surface area contributed by atoms with Crippen molar-refractivity contribution in [3.63, 3.8) is 0 Å². The number of anilines is 1. The zero-order valence-electron chi connectivity index (χ0n) is 15.9. The van der Waals surface area contributed by atoms with Gasteiger partial charge in [0.1, 0.15) is 23.0 Å². The van der Waals surface area contributed by atoms with Crippen molar-refractivity contribution < 1.29 is 9.90 Å². The van der Waals surface area contributed by atoms with Gasteiger partial charge >= 0.3 is 5.97 Å². The van der Waals surface area contributed by atoms with Gasteiger partial charge in [0.2, 0.25) is 0 Å². The number of fused-ring (bicyclic) bond motifs is 1. The van der Waals surface area contributed by atoms with Crippen molar-refractivity contribution >= 4 is 17.4 Å². The van der Waals surface area contributed by atoms with Crippen molar-refractivity contribution in [3.8, 4) is 11.4 Å². The summed E-state index contributed by atoms with van der Waals surface area (Å²) in [4.78, 5) is 24.6. The Morgan fingerprint density at radius 3 is 2.78 bits per heavy atom. The number of carboxylic acids is 1. The van der Waals surface area contributed by atoms with Gasteiger partial charge in [0.05, 0.1) is 5.69 Å². The highest BCUT2D eigenvalue weighted by atomic mass is 16.4. The van der Waals surface area contributed by atoms with E-state index < -0.39 is 5.97 Å². The van der Waals surface area contributed by atoms with Crippen LogP contribution in [-0.2, 0) is 11.2 Å². The Bertz CT molecular complexity index is 949. The third kappa shape index (κ3) is 4.07. The lowest BCUT2D eigenvalue weighted by Gasteiger charge is -2.11. The minimum atomic E-state index is -0.790. The summed E-state index contributed by atoms with van der Waals surface area (Å²) in [5, 5.41) is 12.3. The SMILES string of the molecule is CCc1cccc2nc(-c3ccnc(C(C)C)n3)c(NCCCC(=O)O)n12. The Labute approximate surface area is 158 Å². The third-order valence-electron chi connectivity index (χ3n) is 4.38. The van der Waals surface area contributed by atoms with E-state index in [9.17, 15) is 4.79 Å². The summed E-state index contributed by atoms with van der Waals surface area (Å²) in [7, 11) is 0. The van der Waals surface area contributed by atoms with E-state index in [2.05, 4.69) is 46.5 Å². The predicted molar refractivity (Wildman–Crippen MR) is 105 cm³/mol. The van der Waals surface area contributed by atoms with Gasteiger partial charge in [-0.15, -0.1) is 0 Å². The monoisotopic (exact) mass is 367 g/mol. The molecule has 2 N–H and O–H groups in total. The summed E-state index contributed by atoms with van der Waals surface area (Å²) in [6.45, 7) is 6.77.